The van der Waals surface area contributed by atoms with Crippen LogP contribution in [0.4, 0.5) is 5.69 Å². The Labute approximate surface area is 182 Å². The maximum Gasteiger partial charge on any atom is 0.255 e. The van der Waals surface area contributed by atoms with Crippen LogP contribution in [0.5, 0.6) is 17.2 Å². The van der Waals surface area contributed by atoms with Gasteiger partial charge in [0, 0.05) is 31.0 Å². The van der Waals surface area contributed by atoms with Crippen LogP contribution in [0.25, 0.3) is 0 Å². The summed E-state index contributed by atoms with van der Waals surface area (Å²) in [5.74, 6) is 0.668. The van der Waals surface area contributed by atoms with Crippen LogP contribution < -0.4 is 24.2 Å². The first-order valence-electron chi connectivity index (χ1n) is 9.65. The van der Waals surface area contributed by atoms with Crippen LogP contribution in [-0.4, -0.2) is 55.4 Å². The van der Waals surface area contributed by atoms with Gasteiger partial charge in [0.2, 0.25) is 15.8 Å². The van der Waals surface area contributed by atoms with Crippen molar-refractivity contribution in [2.75, 3.05) is 46.4 Å². The molecular weight excluding hydrogens is 424 g/mol. The van der Waals surface area contributed by atoms with Crippen molar-refractivity contribution in [3.05, 3.63) is 42.0 Å². The number of nitrogens with one attached hydrogen (secondary N) is 2. The van der Waals surface area contributed by atoms with Crippen molar-refractivity contribution in [1.29, 1.82) is 0 Å². The van der Waals surface area contributed by atoms with Crippen LogP contribution in [-0.2, 0) is 14.8 Å². The fourth-order valence-electron chi connectivity index (χ4n) is 2.74. The number of anilines is 1. The lowest BCUT2D eigenvalue weighted by Gasteiger charge is -2.14. The Hall–Kier alpha value is -2.82. The topological polar surface area (TPSA) is 112 Å². The van der Waals surface area contributed by atoms with Crippen LogP contribution in [0, 0.1) is 0 Å². The molecule has 10 heteroatoms. The monoisotopic (exact) mass is 452 g/mol. The Morgan fingerprint density at radius 3 is 2.10 bits per heavy atom. The zero-order chi connectivity index (χ0) is 22.9. The number of ether oxygens (including phenoxy) is 4. The lowest BCUT2D eigenvalue weighted by Crippen LogP contribution is -2.25. The molecule has 170 valence electrons. The van der Waals surface area contributed by atoms with Crippen LogP contribution in [0.15, 0.2) is 41.3 Å². The Kier molecular flexibility index (Phi) is 9.10. The number of sulfonamides is 1. The summed E-state index contributed by atoms with van der Waals surface area (Å²) in [6.07, 6.45) is 0.579. The number of hydrogen-bond acceptors (Lipinski definition) is 7. The molecule has 0 aliphatic rings. The van der Waals surface area contributed by atoms with E-state index in [4.69, 9.17) is 18.9 Å². The number of methoxy groups -OCH3 is 3. The molecule has 2 N–H and O–H groups in total. The van der Waals surface area contributed by atoms with Crippen molar-refractivity contribution in [2.24, 2.45) is 0 Å². The quantitative estimate of drug-likeness (QED) is 0.476. The van der Waals surface area contributed by atoms with Gasteiger partial charge in [-0.25, -0.2) is 13.1 Å². The highest BCUT2D eigenvalue weighted by atomic mass is 32.2. The van der Waals surface area contributed by atoms with Gasteiger partial charge in [-0.2, -0.15) is 0 Å². The molecule has 0 aliphatic carbocycles. The third-order valence-corrected chi connectivity index (χ3v) is 5.79. The third kappa shape index (κ3) is 6.58. The molecule has 0 aromatic heterocycles. The lowest BCUT2D eigenvalue weighted by atomic mass is 10.1. The van der Waals surface area contributed by atoms with E-state index in [1.54, 1.807) is 0 Å². The van der Waals surface area contributed by atoms with E-state index in [0.717, 1.165) is 0 Å². The van der Waals surface area contributed by atoms with Gasteiger partial charge in [-0.1, -0.05) is 0 Å². The summed E-state index contributed by atoms with van der Waals surface area (Å²) in [5, 5.41) is 2.72. The van der Waals surface area contributed by atoms with Crippen molar-refractivity contribution in [1.82, 2.24) is 4.72 Å². The molecule has 9 nitrogen and oxygen atoms in total. The molecule has 0 aliphatic heterocycles. The normalized spacial score (nSPS) is 11.1. The molecular formula is C21H28N2O7S. The minimum Gasteiger partial charge on any atom is -0.493 e. The van der Waals surface area contributed by atoms with Crippen molar-refractivity contribution < 1.29 is 32.2 Å². The van der Waals surface area contributed by atoms with Crippen molar-refractivity contribution in [2.45, 2.75) is 18.2 Å². The smallest absolute Gasteiger partial charge is 0.255 e. The van der Waals surface area contributed by atoms with E-state index in [1.165, 1.54) is 57.7 Å². The lowest BCUT2D eigenvalue weighted by molar-refractivity contribution is 0.102. The van der Waals surface area contributed by atoms with Crippen molar-refractivity contribution in [3.63, 3.8) is 0 Å². The fourth-order valence-corrected chi connectivity index (χ4v) is 3.82. The van der Waals surface area contributed by atoms with Crippen LogP contribution in [0.2, 0.25) is 0 Å². The summed E-state index contributed by atoms with van der Waals surface area (Å²) in [6, 6.07) is 8.95. The van der Waals surface area contributed by atoms with Gasteiger partial charge in [-0.15, -0.1) is 0 Å². The molecule has 2 rings (SSSR count). The minimum atomic E-state index is -3.64. The highest BCUT2D eigenvalue weighted by Crippen LogP contribution is 2.38. The summed E-state index contributed by atoms with van der Waals surface area (Å²) >= 11 is 0. The first-order valence-corrected chi connectivity index (χ1v) is 11.1. The Morgan fingerprint density at radius 2 is 1.58 bits per heavy atom. The summed E-state index contributed by atoms with van der Waals surface area (Å²) < 4.78 is 48.2. The Morgan fingerprint density at radius 1 is 0.968 bits per heavy atom. The summed E-state index contributed by atoms with van der Waals surface area (Å²) in [5.41, 5.74) is 0.733. The molecule has 2 aromatic carbocycles. The number of rotatable bonds is 12. The van der Waals surface area contributed by atoms with E-state index in [2.05, 4.69) is 10.0 Å². The first kappa shape index (κ1) is 24.4. The van der Waals surface area contributed by atoms with E-state index in [1.807, 2.05) is 6.92 Å². The van der Waals surface area contributed by atoms with Gasteiger partial charge < -0.3 is 24.3 Å². The molecule has 0 heterocycles. The standard InChI is InChI=1S/C21H28N2O7S/c1-5-30-12-6-11-22-31(25,26)17-9-7-16(8-10-17)23-21(24)15-13-18(27-2)20(29-4)19(14-15)28-3/h7-10,13-14,22H,5-6,11-12H2,1-4H3,(H,23,24). The van der Waals surface area contributed by atoms with Gasteiger partial charge in [0.05, 0.1) is 26.2 Å². The zero-order valence-corrected chi connectivity index (χ0v) is 18.9. The highest BCUT2D eigenvalue weighted by Gasteiger charge is 2.18. The molecule has 0 spiro atoms. The van der Waals surface area contributed by atoms with Crippen LogP contribution in [0.3, 0.4) is 0 Å². The average Bonchev–Trinajstić information content (AvgIpc) is 2.78. The first-order chi connectivity index (χ1) is 14.9. The van der Waals surface area contributed by atoms with Crippen molar-refractivity contribution >= 4 is 21.6 Å². The molecule has 0 bridgehead atoms. The third-order valence-electron chi connectivity index (χ3n) is 4.31. The number of hydrogen-bond donors (Lipinski definition) is 2. The molecule has 0 radical (unpaired) electrons. The zero-order valence-electron chi connectivity index (χ0n) is 18.1. The highest BCUT2D eigenvalue weighted by molar-refractivity contribution is 7.89. The van der Waals surface area contributed by atoms with E-state index in [9.17, 15) is 13.2 Å². The van der Waals surface area contributed by atoms with E-state index in [-0.39, 0.29) is 11.4 Å². The predicted octanol–water partition coefficient (Wildman–Crippen LogP) is 2.67. The second kappa shape index (κ2) is 11.5. The Bertz CT molecular complexity index is 951. The molecule has 0 saturated heterocycles. The number of carbonyl (C=O) groups is 1. The minimum absolute atomic E-state index is 0.106. The largest absolute Gasteiger partial charge is 0.493 e. The van der Waals surface area contributed by atoms with Crippen LogP contribution >= 0.6 is 0 Å². The van der Waals surface area contributed by atoms with Gasteiger partial charge in [0.25, 0.3) is 5.91 Å². The fraction of sp³-hybridized carbons (Fsp3) is 0.381. The number of benzene rings is 2. The Balaban J connectivity index is 2.08. The molecule has 0 saturated carbocycles. The maximum atomic E-state index is 12.7. The SMILES string of the molecule is CCOCCCNS(=O)(=O)c1ccc(NC(=O)c2cc(OC)c(OC)c(OC)c2)cc1. The second-order valence-electron chi connectivity index (χ2n) is 6.34. The molecule has 0 atom stereocenters. The molecule has 2 aromatic rings. The van der Waals surface area contributed by atoms with Gasteiger partial charge in [-0.3, -0.25) is 4.79 Å². The number of carbonyl (C=O) groups excluding carboxylic acids is 1. The van der Waals surface area contributed by atoms with E-state index >= 15 is 0 Å². The average molecular weight is 453 g/mol. The van der Waals surface area contributed by atoms with E-state index < -0.39 is 15.9 Å². The molecule has 31 heavy (non-hydrogen) atoms. The van der Waals surface area contributed by atoms with Crippen molar-refractivity contribution in [3.8, 4) is 17.2 Å². The predicted molar refractivity (Wildman–Crippen MR) is 117 cm³/mol. The van der Waals surface area contributed by atoms with Gasteiger partial charge in [-0.05, 0) is 49.7 Å². The number of amides is 1. The van der Waals surface area contributed by atoms with Crippen LogP contribution in [0.1, 0.15) is 23.7 Å². The summed E-state index contributed by atoms with van der Waals surface area (Å²) in [7, 11) is 0.763. The maximum absolute atomic E-state index is 12.7. The summed E-state index contributed by atoms with van der Waals surface area (Å²) in [4.78, 5) is 12.8. The van der Waals surface area contributed by atoms with E-state index in [0.29, 0.717) is 48.1 Å². The molecule has 1 amide bonds. The molecule has 0 fully saturated rings. The molecule has 0 unspecified atom stereocenters. The summed E-state index contributed by atoms with van der Waals surface area (Å²) in [6.45, 7) is 3.25. The van der Waals surface area contributed by atoms with Gasteiger partial charge in [0.15, 0.2) is 11.5 Å². The van der Waals surface area contributed by atoms with Gasteiger partial charge in [0.1, 0.15) is 0 Å². The second-order valence-corrected chi connectivity index (χ2v) is 8.11. The van der Waals surface area contributed by atoms with Gasteiger partial charge >= 0.3 is 0 Å².